The highest BCUT2D eigenvalue weighted by Gasteiger charge is 2.22. The van der Waals surface area contributed by atoms with Crippen LogP contribution in [0.25, 0.3) is 11.0 Å². The van der Waals surface area contributed by atoms with Gasteiger partial charge in [-0.1, -0.05) is 6.08 Å². The Balaban J connectivity index is 1.85. The molecule has 1 saturated heterocycles. The number of fused-ring (bicyclic) bond motifs is 1. The molecule has 114 valence electrons. The third-order valence-corrected chi connectivity index (χ3v) is 3.68. The van der Waals surface area contributed by atoms with E-state index in [1.807, 2.05) is 24.0 Å². The number of amides is 1. The van der Waals surface area contributed by atoms with E-state index in [0.717, 1.165) is 5.39 Å². The standard InChI is InChI=1S/C15H17N5O2/c1-2-4-12(21)19-7-9-20(10-8-19)14-11-5-3-6-16-13(11)17-15(22)18-14/h2-6H,7-10H2,1H3,(H,16,17,18,22). The molecule has 1 N–H and O–H groups in total. The SMILES string of the molecule is CC=CC(=O)N1CCN(c2nc(=O)[nH]c3ncccc23)CC1. The number of aromatic amines is 1. The van der Waals surface area contributed by atoms with Crippen molar-refractivity contribution < 1.29 is 4.79 Å². The lowest BCUT2D eigenvalue weighted by molar-refractivity contribution is -0.126. The van der Waals surface area contributed by atoms with Crippen LogP contribution in [0.1, 0.15) is 6.92 Å². The molecule has 3 heterocycles. The first-order chi connectivity index (χ1) is 10.7. The number of hydrogen-bond donors (Lipinski definition) is 1. The second kappa shape index (κ2) is 5.97. The van der Waals surface area contributed by atoms with E-state index in [-0.39, 0.29) is 5.91 Å². The molecule has 22 heavy (non-hydrogen) atoms. The first kappa shape index (κ1) is 14.2. The molecule has 0 aromatic carbocycles. The lowest BCUT2D eigenvalue weighted by Crippen LogP contribution is -2.49. The third kappa shape index (κ3) is 2.69. The zero-order valence-electron chi connectivity index (χ0n) is 12.3. The number of anilines is 1. The van der Waals surface area contributed by atoms with Gasteiger partial charge in [0.15, 0.2) is 0 Å². The fourth-order valence-electron chi connectivity index (χ4n) is 2.60. The summed E-state index contributed by atoms with van der Waals surface area (Å²) in [7, 11) is 0. The molecule has 0 unspecified atom stereocenters. The Morgan fingerprint density at radius 1 is 1.32 bits per heavy atom. The molecule has 1 aliphatic heterocycles. The highest BCUT2D eigenvalue weighted by Crippen LogP contribution is 2.21. The van der Waals surface area contributed by atoms with Crippen molar-refractivity contribution in [1.82, 2.24) is 19.9 Å². The predicted octanol–water partition coefficient (Wildman–Crippen LogP) is 0.543. The molecule has 0 saturated carbocycles. The van der Waals surface area contributed by atoms with Crippen molar-refractivity contribution in [3.63, 3.8) is 0 Å². The predicted molar refractivity (Wildman–Crippen MR) is 83.8 cm³/mol. The van der Waals surface area contributed by atoms with Crippen LogP contribution in [0.2, 0.25) is 0 Å². The zero-order valence-corrected chi connectivity index (χ0v) is 12.3. The van der Waals surface area contributed by atoms with Gasteiger partial charge in [0, 0.05) is 32.4 Å². The number of carbonyl (C=O) groups excluding carboxylic acids is 1. The molecule has 1 aliphatic rings. The van der Waals surface area contributed by atoms with Gasteiger partial charge in [0.25, 0.3) is 0 Å². The summed E-state index contributed by atoms with van der Waals surface area (Å²) in [5.41, 5.74) is 0.124. The lowest BCUT2D eigenvalue weighted by atomic mass is 10.2. The molecule has 0 spiro atoms. The number of allylic oxidation sites excluding steroid dienone is 1. The van der Waals surface area contributed by atoms with Gasteiger partial charge in [-0.2, -0.15) is 4.98 Å². The summed E-state index contributed by atoms with van der Waals surface area (Å²) in [6.45, 7) is 4.33. The summed E-state index contributed by atoms with van der Waals surface area (Å²) < 4.78 is 0. The maximum absolute atomic E-state index is 11.8. The molecule has 1 fully saturated rings. The van der Waals surface area contributed by atoms with E-state index in [2.05, 4.69) is 15.0 Å². The van der Waals surface area contributed by atoms with Crippen molar-refractivity contribution in [1.29, 1.82) is 0 Å². The molecule has 0 atom stereocenters. The monoisotopic (exact) mass is 299 g/mol. The minimum absolute atomic E-state index is 0.0209. The van der Waals surface area contributed by atoms with Gasteiger partial charge in [0.05, 0.1) is 5.39 Å². The molecule has 7 heteroatoms. The highest BCUT2D eigenvalue weighted by atomic mass is 16.2. The Labute approximate surface area is 127 Å². The quantitative estimate of drug-likeness (QED) is 0.819. The topological polar surface area (TPSA) is 82.2 Å². The Kier molecular flexibility index (Phi) is 3.86. The van der Waals surface area contributed by atoms with Gasteiger partial charge in [0.2, 0.25) is 5.91 Å². The average Bonchev–Trinajstić information content (AvgIpc) is 2.54. The number of aromatic nitrogens is 3. The lowest BCUT2D eigenvalue weighted by Gasteiger charge is -2.35. The minimum Gasteiger partial charge on any atom is -0.352 e. The van der Waals surface area contributed by atoms with Crippen LogP contribution < -0.4 is 10.6 Å². The molecule has 0 radical (unpaired) electrons. The van der Waals surface area contributed by atoms with E-state index >= 15 is 0 Å². The largest absolute Gasteiger partial charge is 0.352 e. The van der Waals surface area contributed by atoms with Crippen LogP contribution in [0.3, 0.4) is 0 Å². The second-order valence-corrected chi connectivity index (χ2v) is 5.08. The van der Waals surface area contributed by atoms with Crippen molar-refractivity contribution >= 4 is 22.8 Å². The van der Waals surface area contributed by atoms with Gasteiger partial charge in [0.1, 0.15) is 11.5 Å². The first-order valence-electron chi connectivity index (χ1n) is 7.20. The van der Waals surface area contributed by atoms with E-state index in [9.17, 15) is 9.59 Å². The van der Waals surface area contributed by atoms with Gasteiger partial charge in [-0.25, -0.2) is 9.78 Å². The van der Waals surface area contributed by atoms with Crippen LogP contribution in [0.4, 0.5) is 5.82 Å². The van der Waals surface area contributed by atoms with E-state index in [0.29, 0.717) is 37.6 Å². The maximum Gasteiger partial charge on any atom is 0.348 e. The summed E-state index contributed by atoms with van der Waals surface area (Å²) in [6, 6.07) is 3.70. The summed E-state index contributed by atoms with van der Waals surface area (Å²) in [5.74, 6) is 0.650. The van der Waals surface area contributed by atoms with Gasteiger partial charge in [-0.05, 0) is 25.1 Å². The van der Waals surface area contributed by atoms with Crippen molar-refractivity contribution in [2.45, 2.75) is 6.92 Å². The summed E-state index contributed by atoms with van der Waals surface area (Å²) in [5, 5.41) is 0.815. The smallest absolute Gasteiger partial charge is 0.348 e. The highest BCUT2D eigenvalue weighted by molar-refractivity contribution is 5.88. The Bertz CT molecular complexity index is 775. The number of piperazine rings is 1. The number of pyridine rings is 1. The number of nitrogens with one attached hydrogen (secondary N) is 1. The molecule has 7 nitrogen and oxygen atoms in total. The maximum atomic E-state index is 11.8. The number of carbonyl (C=O) groups is 1. The van der Waals surface area contributed by atoms with E-state index in [1.54, 1.807) is 23.2 Å². The molecule has 0 bridgehead atoms. The van der Waals surface area contributed by atoms with Crippen molar-refractivity contribution in [3.8, 4) is 0 Å². The van der Waals surface area contributed by atoms with Crippen LogP contribution in [0.15, 0.2) is 35.3 Å². The second-order valence-electron chi connectivity index (χ2n) is 5.08. The van der Waals surface area contributed by atoms with Crippen LogP contribution >= 0.6 is 0 Å². The van der Waals surface area contributed by atoms with Gasteiger partial charge >= 0.3 is 5.69 Å². The van der Waals surface area contributed by atoms with Gasteiger partial charge < -0.3 is 9.80 Å². The Hall–Kier alpha value is -2.70. The van der Waals surface area contributed by atoms with Crippen LogP contribution in [-0.4, -0.2) is 51.9 Å². The molecule has 2 aromatic heterocycles. The third-order valence-electron chi connectivity index (χ3n) is 3.68. The normalized spacial score (nSPS) is 15.7. The number of H-pyrrole nitrogens is 1. The molecule has 0 aliphatic carbocycles. The summed E-state index contributed by atoms with van der Waals surface area (Å²) in [4.78, 5) is 38.3. The fourth-order valence-corrected chi connectivity index (χ4v) is 2.60. The number of hydrogen-bond acceptors (Lipinski definition) is 5. The molecule has 2 aromatic rings. The van der Waals surface area contributed by atoms with E-state index in [1.165, 1.54) is 0 Å². The van der Waals surface area contributed by atoms with Crippen LogP contribution in [-0.2, 0) is 4.79 Å². The molecule has 3 rings (SSSR count). The van der Waals surface area contributed by atoms with Crippen molar-refractivity contribution in [2.24, 2.45) is 0 Å². The minimum atomic E-state index is -0.409. The summed E-state index contributed by atoms with van der Waals surface area (Å²) >= 11 is 0. The molecular weight excluding hydrogens is 282 g/mol. The molecular formula is C15H17N5O2. The summed E-state index contributed by atoms with van der Waals surface area (Å²) in [6.07, 6.45) is 4.95. The van der Waals surface area contributed by atoms with Crippen LogP contribution in [0, 0.1) is 0 Å². The van der Waals surface area contributed by atoms with Gasteiger partial charge in [-0.3, -0.25) is 9.78 Å². The molecule has 1 amide bonds. The fraction of sp³-hybridized carbons (Fsp3) is 0.333. The van der Waals surface area contributed by atoms with Crippen molar-refractivity contribution in [2.75, 3.05) is 31.1 Å². The van der Waals surface area contributed by atoms with E-state index < -0.39 is 5.69 Å². The zero-order chi connectivity index (χ0) is 15.5. The number of nitrogens with zero attached hydrogens (tertiary/aromatic N) is 4. The van der Waals surface area contributed by atoms with Crippen molar-refractivity contribution in [3.05, 3.63) is 41.0 Å². The first-order valence-corrected chi connectivity index (χ1v) is 7.20. The van der Waals surface area contributed by atoms with Gasteiger partial charge in [-0.15, -0.1) is 0 Å². The van der Waals surface area contributed by atoms with Crippen LogP contribution in [0.5, 0.6) is 0 Å². The average molecular weight is 299 g/mol. The Morgan fingerprint density at radius 3 is 2.82 bits per heavy atom. The van der Waals surface area contributed by atoms with E-state index in [4.69, 9.17) is 0 Å². The Morgan fingerprint density at radius 2 is 2.09 bits per heavy atom. The number of rotatable bonds is 2.